The molecule has 5 nitrogen and oxygen atoms in total. The lowest BCUT2D eigenvalue weighted by Gasteiger charge is -2.01. The van der Waals surface area contributed by atoms with Crippen molar-refractivity contribution in [3.63, 3.8) is 0 Å². The molecule has 0 unspecified atom stereocenters. The maximum Gasteiger partial charge on any atom is 0.233 e. The Morgan fingerprint density at radius 2 is 2.20 bits per heavy atom. The largest absolute Gasteiger partial charge is 0.475 e. The zero-order chi connectivity index (χ0) is 10.5. The zero-order valence-corrected chi connectivity index (χ0v) is 8.09. The van der Waals surface area contributed by atoms with Crippen LogP contribution >= 0.6 is 0 Å². The van der Waals surface area contributed by atoms with Crippen molar-refractivity contribution < 1.29 is 9.15 Å². The van der Waals surface area contributed by atoms with E-state index in [-0.39, 0.29) is 0 Å². The number of nitrogens with zero attached hydrogens (tertiary/aromatic N) is 2. The van der Waals surface area contributed by atoms with Crippen molar-refractivity contribution in [2.75, 3.05) is 13.2 Å². The Bertz CT molecular complexity index is 397. The van der Waals surface area contributed by atoms with Crippen LogP contribution < -0.4 is 10.5 Å². The van der Waals surface area contributed by atoms with Gasteiger partial charge in [0, 0.05) is 12.6 Å². The number of hydrogen-bond acceptors (Lipinski definition) is 5. The van der Waals surface area contributed by atoms with Crippen LogP contribution in [-0.4, -0.2) is 23.3 Å². The number of furan rings is 1. The first kappa shape index (κ1) is 9.67. The van der Waals surface area contributed by atoms with Crippen LogP contribution in [0.15, 0.2) is 34.9 Å². The van der Waals surface area contributed by atoms with Gasteiger partial charge in [-0.3, -0.25) is 0 Å². The van der Waals surface area contributed by atoms with Crippen molar-refractivity contribution in [2.45, 2.75) is 0 Å². The topological polar surface area (TPSA) is 74.2 Å². The first-order valence-corrected chi connectivity index (χ1v) is 4.60. The van der Waals surface area contributed by atoms with Crippen LogP contribution in [-0.2, 0) is 0 Å². The summed E-state index contributed by atoms with van der Waals surface area (Å²) >= 11 is 0. The third-order valence-corrected chi connectivity index (χ3v) is 1.78. The van der Waals surface area contributed by atoms with Crippen molar-refractivity contribution in [3.05, 3.63) is 30.5 Å². The van der Waals surface area contributed by atoms with Gasteiger partial charge < -0.3 is 14.9 Å². The summed E-state index contributed by atoms with van der Waals surface area (Å²) < 4.78 is 10.4. The van der Waals surface area contributed by atoms with Gasteiger partial charge in [-0.25, -0.2) is 0 Å². The smallest absolute Gasteiger partial charge is 0.233 e. The van der Waals surface area contributed by atoms with E-state index in [4.69, 9.17) is 14.9 Å². The van der Waals surface area contributed by atoms with Gasteiger partial charge in [0.15, 0.2) is 5.76 Å². The highest BCUT2D eigenvalue weighted by Gasteiger charge is 2.03. The molecule has 0 saturated heterocycles. The molecule has 2 rings (SSSR count). The van der Waals surface area contributed by atoms with Crippen LogP contribution in [0.1, 0.15) is 0 Å². The van der Waals surface area contributed by atoms with Gasteiger partial charge in [-0.05, 0) is 18.2 Å². The first-order valence-electron chi connectivity index (χ1n) is 4.60. The molecule has 0 bridgehead atoms. The van der Waals surface area contributed by atoms with E-state index in [9.17, 15) is 0 Å². The van der Waals surface area contributed by atoms with Gasteiger partial charge in [-0.1, -0.05) is 0 Å². The lowest BCUT2D eigenvalue weighted by Crippen LogP contribution is -2.11. The average Bonchev–Trinajstić information content (AvgIpc) is 2.80. The zero-order valence-electron chi connectivity index (χ0n) is 8.09. The van der Waals surface area contributed by atoms with Crippen LogP contribution in [0.25, 0.3) is 11.5 Å². The molecule has 0 atom stereocenters. The summed E-state index contributed by atoms with van der Waals surface area (Å²) in [5, 5.41) is 7.85. The summed E-state index contributed by atoms with van der Waals surface area (Å²) in [7, 11) is 0. The Hall–Kier alpha value is -1.88. The number of ether oxygens (including phenoxy) is 1. The highest BCUT2D eigenvalue weighted by Crippen LogP contribution is 2.17. The normalized spacial score (nSPS) is 10.2. The van der Waals surface area contributed by atoms with E-state index < -0.39 is 0 Å². The third kappa shape index (κ3) is 2.32. The minimum atomic E-state index is 0.439. The van der Waals surface area contributed by atoms with Crippen LogP contribution in [0.5, 0.6) is 5.88 Å². The number of nitrogens with two attached hydrogens (primary N) is 1. The Morgan fingerprint density at radius 1 is 1.27 bits per heavy atom. The Morgan fingerprint density at radius 3 is 2.80 bits per heavy atom. The molecular formula is C10H11N3O2. The van der Waals surface area contributed by atoms with E-state index in [0.717, 1.165) is 0 Å². The Kier molecular flexibility index (Phi) is 2.94. The summed E-state index contributed by atoms with van der Waals surface area (Å²) in [6.07, 6.45) is 1.59. The summed E-state index contributed by atoms with van der Waals surface area (Å²) in [6, 6.07) is 7.15. The highest BCUT2D eigenvalue weighted by molar-refractivity contribution is 5.50. The summed E-state index contributed by atoms with van der Waals surface area (Å²) in [5.41, 5.74) is 5.98. The van der Waals surface area contributed by atoms with Crippen molar-refractivity contribution in [1.29, 1.82) is 0 Å². The first-order chi connectivity index (χ1) is 7.40. The molecule has 2 heterocycles. The highest BCUT2D eigenvalue weighted by atomic mass is 16.5. The van der Waals surface area contributed by atoms with Crippen molar-refractivity contribution in [3.8, 4) is 17.3 Å². The summed E-state index contributed by atoms with van der Waals surface area (Å²) in [4.78, 5) is 0. The number of hydrogen-bond donors (Lipinski definition) is 1. The van der Waals surface area contributed by atoms with Gasteiger partial charge >= 0.3 is 0 Å². The van der Waals surface area contributed by atoms with E-state index in [2.05, 4.69) is 10.2 Å². The van der Waals surface area contributed by atoms with Gasteiger partial charge in [-0.2, -0.15) is 0 Å². The maximum atomic E-state index is 5.30. The third-order valence-electron chi connectivity index (χ3n) is 1.78. The van der Waals surface area contributed by atoms with Crippen LogP contribution in [0, 0.1) is 0 Å². The summed E-state index contributed by atoms with van der Waals surface area (Å²) in [5.74, 6) is 1.16. The second-order valence-corrected chi connectivity index (χ2v) is 2.87. The standard InChI is InChI=1S/C10H11N3O2/c11-5-7-15-10-4-3-8(12-13-10)9-2-1-6-14-9/h1-4,6H,5,7,11H2. The maximum absolute atomic E-state index is 5.30. The van der Waals surface area contributed by atoms with E-state index in [1.165, 1.54) is 0 Å². The fourth-order valence-corrected chi connectivity index (χ4v) is 1.12. The minimum absolute atomic E-state index is 0.439. The number of aromatic nitrogens is 2. The molecule has 0 aromatic carbocycles. The van der Waals surface area contributed by atoms with Gasteiger partial charge in [0.05, 0.1) is 6.26 Å². The molecule has 2 N–H and O–H groups in total. The molecule has 15 heavy (non-hydrogen) atoms. The fraction of sp³-hybridized carbons (Fsp3) is 0.200. The molecule has 2 aromatic heterocycles. The molecular weight excluding hydrogens is 194 g/mol. The van der Waals surface area contributed by atoms with Crippen LogP contribution in [0.3, 0.4) is 0 Å². The molecule has 0 radical (unpaired) electrons. The van der Waals surface area contributed by atoms with Crippen molar-refractivity contribution >= 4 is 0 Å². The lowest BCUT2D eigenvalue weighted by atomic mass is 10.3. The average molecular weight is 205 g/mol. The molecule has 0 saturated carbocycles. The monoisotopic (exact) mass is 205 g/mol. The second-order valence-electron chi connectivity index (χ2n) is 2.87. The molecule has 0 fully saturated rings. The molecule has 0 aliphatic heterocycles. The predicted molar refractivity (Wildman–Crippen MR) is 54.3 cm³/mol. The Labute approximate surface area is 86.9 Å². The van der Waals surface area contributed by atoms with E-state index in [0.29, 0.717) is 30.5 Å². The molecule has 0 spiro atoms. The lowest BCUT2D eigenvalue weighted by molar-refractivity contribution is 0.312. The second kappa shape index (κ2) is 4.56. The van der Waals surface area contributed by atoms with E-state index in [1.54, 1.807) is 24.5 Å². The predicted octanol–water partition coefficient (Wildman–Crippen LogP) is 1.07. The van der Waals surface area contributed by atoms with Gasteiger partial charge in [0.1, 0.15) is 12.3 Å². The van der Waals surface area contributed by atoms with Gasteiger partial charge in [0.25, 0.3) is 0 Å². The van der Waals surface area contributed by atoms with Crippen LogP contribution in [0.4, 0.5) is 0 Å². The van der Waals surface area contributed by atoms with Crippen LogP contribution in [0.2, 0.25) is 0 Å². The summed E-state index contributed by atoms with van der Waals surface area (Å²) in [6.45, 7) is 0.899. The van der Waals surface area contributed by atoms with Gasteiger partial charge in [0.2, 0.25) is 5.88 Å². The molecule has 0 amide bonds. The molecule has 78 valence electrons. The Balaban J connectivity index is 2.11. The minimum Gasteiger partial charge on any atom is -0.475 e. The molecule has 2 aromatic rings. The number of rotatable bonds is 4. The SMILES string of the molecule is NCCOc1ccc(-c2ccco2)nn1. The van der Waals surface area contributed by atoms with Crippen molar-refractivity contribution in [2.24, 2.45) is 5.73 Å². The molecule has 0 aliphatic carbocycles. The van der Waals surface area contributed by atoms with Gasteiger partial charge in [-0.15, -0.1) is 10.2 Å². The molecule has 0 aliphatic rings. The van der Waals surface area contributed by atoms with E-state index in [1.807, 2.05) is 6.07 Å². The van der Waals surface area contributed by atoms with E-state index >= 15 is 0 Å². The molecule has 5 heteroatoms. The van der Waals surface area contributed by atoms with Crippen molar-refractivity contribution in [1.82, 2.24) is 10.2 Å². The quantitative estimate of drug-likeness (QED) is 0.808. The fourth-order valence-electron chi connectivity index (χ4n) is 1.12.